The summed E-state index contributed by atoms with van der Waals surface area (Å²) in [4.78, 5) is 12.1. The highest BCUT2D eigenvalue weighted by Crippen LogP contribution is 2.27. The third-order valence-corrected chi connectivity index (χ3v) is 5.26. The third-order valence-electron chi connectivity index (χ3n) is 5.26. The number of aliphatic hydroxyl groups is 1. The van der Waals surface area contributed by atoms with Gasteiger partial charge in [0.05, 0.1) is 18.2 Å². The number of fused-ring (bicyclic) bond motifs is 1. The second-order valence-corrected chi connectivity index (χ2v) is 7.73. The molecule has 4 N–H and O–H groups in total. The molecular weight excluding hydrogens is 413 g/mol. The molecule has 0 aliphatic rings. The highest BCUT2D eigenvalue weighted by molar-refractivity contribution is 6.05. The summed E-state index contributed by atoms with van der Waals surface area (Å²) in [5.41, 5.74) is 7.93. The maximum Gasteiger partial charge on any atom is 0.250 e. The first-order valence-corrected chi connectivity index (χ1v) is 10.6. The number of amides is 1. The lowest BCUT2D eigenvalue weighted by atomic mass is 10.0. The molecule has 7 nitrogen and oxygen atoms in total. The summed E-state index contributed by atoms with van der Waals surface area (Å²) in [5, 5.41) is 13.4. The highest BCUT2D eigenvalue weighted by atomic mass is 19.1. The van der Waals surface area contributed by atoms with Gasteiger partial charge in [-0.3, -0.25) is 4.79 Å². The van der Waals surface area contributed by atoms with Gasteiger partial charge in [-0.2, -0.15) is 0 Å². The summed E-state index contributed by atoms with van der Waals surface area (Å²) in [6.45, 7) is 3.66. The monoisotopic (exact) mass is 443 g/mol. The first-order valence-electron chi connectivity index (χ1n) is 10.6. The van der Waals surface area contributed by atoms with E-state index in [1.165, 1.54) is 25.3 Å². The molecule has 0 saturated carbocycles. The normalized spacial score (nSPS) is 12.1. The predicted molar refractivity (Wildman–Crippen MR) is 122 cm³/mol. The molecule has 1 heterocycles. The van der Waals surface area contributed by atoms with Crippen LogP contribution < -0.4 is 20.5 Å². The molecule has 0 aliphatic heterocycles. The Hall–Kier alpha value is -3.10. The molecule has 0 spiro atoms. The molecule has 8 heteroatoms. The zero-order chi connectivity index (χ0) is 23.1. The van der Waals surface area contributed by atoms with Crippen molar-refractivity contribution < 1.29 is 23.8 Å². The van der Waals surface area contributed by atoms with E-state index in [2.05, 4.69) is 11.4 Å². The molecular formula is C24H30FN3O4. The molecule has 1 aromatic heterocycles. The molecule has 0 aliphatic carbocycles. The van der Waals surface area contributed by atoms with Crippen LogP contribution in [-0.4, -0.2) is 48.5 Å². The number of benzene rings is 2. The van der Waals surface area contributed by atoms with Crippen molar-refractivity contribution in [3.05, 3.63) is 59.5 Å². The Morgan fingerprint density at radius 3 is 2.78 bits per heavy atom. The van der Waals surface area contributed by atoms with Gasteiger partial charge in [0.2, 0.25) is 0 Å². The van der Waals surface area contributed by atoms with Crippen LogP contribution in [0, 0.1) is 5.82 Å². The molecule has 0 unspecified atom stereocenters. The quantitative estimate of drug-likeness (QED) is 0.374. The Balaban J connectivity index is 1.61. The Morgan fingerprint density at radius 2 is 2.06 bits per heavy atom. The fraction of sp³-hybridized carbons (Fsp3) is 0.375. The SMILES string of the molecule is COc1ccc(F)cc1OCCN[C@H](C)Cc1cc(C(N)=O)c2c(ccn2CCCO)c1. The minimum atomic E-state index is -0.473. The fourth-order valence-electron chi connectivity index (χ4n) is 3.80. The number of rotatable bonds is 12. The van der Waals surface area contributed by atoms with Gasteiger partial charge in [-0.05, 0) is 55.7 Å². The van der Waals surface area contributed by atoms with Crippen LogP contribution in [0.4, 0.5) is 4.39 Å². The van der Waals surface area contributed by atoms with E-state index in [-0.39, 0.29) is 18.5 Å². The fourth-order valence-corrected chi connectivity index (χ4v) is 3.80. The number of aromatic nitrogens is 1. The summed E-state index contributed by atoms with van der Waals surface area (Å²) in [6.07, 6.45) is 3.21. The van der Waals surface area contributed by atoms with Gasteiger partial charge in [0, 0.05) is 43.4 Å². The second kappa shape index (κ2) is 11.0. The number of hydrogen-bond donors (Lipinski definition) is 3. The zero-order valence-electron chi connectivity index (χ0n) is 18.4. The maximum atomic E-state index is 13.4. The largest absolute Gasteiger partial charge is 0.493 e. The average Bonchev–Trinajstić information content (AvgIpc) is 3.17. The Morgan fingerprint density at radius 1 is 1.25 bits per heavy atom. The molecule has 0 bridgehead atoms. The molecule has 3 aromatic rings. The van der Waals surface area contributed by atoms with Gasteiger partial charge in [0.1, 0.15) is 12.4 Å². The lowest BCUT2D eigenvalue weighted by molar-refractivity contribution is 0.100. The number of nitrogens with two attached hydrogens (primary N) is 1. The number of halogens is 1. The van der Waals surface area contributed by atoms with Gasteiger partial charge < -0.3 is 30.2 Å². The molecule has 0 radical (unpaired) electrons. The van der Waals surface area contributed by atoms with Crippen molar-refractivity contribution in [3.63, 3.8) is 0 Å². The van der Waals surface area contributed by atoms with Crippen molar-refractivity contribution in [2.24, 2.45) is 5.73 Å². The predicted octanol–water partition coefficient (Wildman–Crippen LogP) is 2.87. The minimum absolute atomic E-state index is 0.0859. The van der Waals surface area contributed by atoms with Gasteiger partial charge in [-0.1, -0.05) is 0 Å². The zero-order valence-corrected chi connectivity index (χ0v) is 18.4. The molecule has 2 aromatic carbocycles. The molecule has 0 saturated heterocycles. The van der Waals surface area contributed by atoms with Gasteiger partial charge in [-0.15, -0.1) is 0 Å². The van der Waals surface area contributed by atoms with E-state index in [0.717, 1.165) is 16.5 Å². The van der Waals surface area contributed by atoms with E-state index in [1.54, 1.807) is 0 Å². The number of aliphatic hydroxyl groups excluding tert-OH is 1. The Labute approximate surface area is 186 Å². The molecule has 32 heavy (non-hydrogen) atoms. The number of ether oxygens (including phenoxy) is 2. The third kappa shape index (κ3) is 5.77. The van der Waals surface area contributed by atoms with Crippen LogP contribution >= 0.6 is 0 Å². The molecule has 1 atom stereocenters. The van der Waals surface area contributed by atoms with E-state index < -0.39 is 5.91 Å². The number of carbonyl (C=O) groups is 1. The Bertz CT molecular complexity index is 1070. The van der Waals surface area contributed by atoms with Crippen molar-refractivity contribution >= 4 is 16.8 Å². The average molecular weight is 444 g/mol. The van der Waals surface area contributed by atoms with Crippen molar-refractivity contribution in [1.29, 1.82) is 0 Å². The lowest BCUT2D eigenvalue weighted by Crippen LogP contribution is -2.32. The highest BCUT2D eigenvalue weighted by Gasteiger charge is 2.15. The molecule has 1 amide bonds. The van der Waals surface area contributed by atoms with E-state index in [4.69, 9.17) is 20.3 Å². The first-order chi connectivity index (χ1) is 15.4. The lowest BCUT2D eigenvalue weighted by Gasteiger charge is -2.16. The van der Waals surface area contributed by atoms with E-state index >= 15 is 0 Å². The summed E-state index contributed by atoms with van der Waals surface area (Å²) in [6, 6.07) is 10.1. The Kier molecular flexibility index (Phi) is 8.08. The van der Waals surface area contributed by atoms with E-state index in [1.807, 2.05) is 29.8 Å². The standard InChI is InChI=1S/C24H30FN3O4/c1-16(27-7-11-32-22-15-19(25)4-5-21(22)31-2)12-17-13-18-6-9-28(8-3-10-29)23(18)20(14-17)24(26)30/h4-6,9,13-16,27,29H,3,7-8,10-12H2,1-2H3,(H2,26,30)/t16-/m1/s1. The van der Waals surface area contributed by atoms with Crippen LogP contribution in [-0.2, 0) is 13.0 Å². The summed E-state index contributed by atoms with van der Waals surface area (Å²) in [7, 11) is 1.51. The summed E-state index contributed by atoms with van der Waals surface area (Å²) in [5.74, 6) is -0.00584. The number of aryl methyl sites for hydroxylation is 1. The molecule has 0 fully saturated rings. The number of nitrogens with zero attached hydrogens (tertiary/aromatic N) is 1. The van der Waals surface area contributed by atoms with Gasteiger partial charge >= 0.3 is 0 Å². The first kappa shape index (κ1) is 23.6. The van der Waals surface area contributed by atoms with Crippen LogP contribution in [0.2, 0.25) is 0 Å². The van der Waals surface area contributed by atoms with Crippen molar-refractivity contribution in [1.82, 2.24) is 9.88 Å². The number of nitrogens with one attached hydrogen (secondary N) is 1. The van der Waals surface area contributed by atoms with Gasteiger partial charge in [0.25, 0.3) is 5.91 Å². The van der Waals surface area contributed by atoms with Crippen LogP contribution in [0.5, 0.6) is 11.5 Å². The number of hydrogen-bond acceptors (Lipinski definition) is 5. The topological polar surface area (TPSA) is 98.7 Å². The van der Waals surface area contributed by atoms with Gasteiger partial charge in [-0.25, -0.2) is 4.39 Å². The number of methoxy groups -OCH3 is 1. The second-order valence-electron chi connectivity index (χ2n) is 7.73. The van der Waals surface area contributed by atoms with Crippen LogP contribution in [0.3, 0.4) is 0 Å². The molecule has 3 rings (SSSR count). The van der Waals surface area contributed by atoms with Crippen LogP contribution in [0.25, 0.3) is 10.9 Å². The summed E-state index contributed by atoms with van der Waals surface area (Å²) >= 11 is 0. The van der Waals surface area contributed by atoms with E-state index in [9.17, 15) is 9.18 Å². The molecule has 172 valence electrons. The van der Waals surface area contributed by atoms with Crippen molar-refractivity contribution in [2.75, 3.05) is 26.9 Å². The smallest absolute Gasteiger partial charge is 0.250 e. The van der Waals surface area contributed by atoms with E-state index in [0.29, 0.717) is 49.6 Å². The maximum absolute atomic E-state index is 13.4. The van der Waals surface area contributed by atoms with Gasteiger partial charge in [0.15, 0.2) is 11.5 Å². The van der Waals surface area contributed by atoms with Crippen molar-refractivity contribution in [3.8, 4) is 11.5 Å². The van der Waals surface area contributed by atoms with Crippen LogP contribution in [0.1, 0.15) is 29.3 Å². The summed E-state index contributed by atoms with van der Waals surface area (Å²) < 4.78 is 26.2. The number of carbonyl (C=O) groups excluding carboxylic acids is 1. The van der Waals surface area contributed by atoms with Crippen LogP contribution in [0.15, 0.2) is 42.6 Å². The number of primary amides is 1. The van der Waals surface area contributed by atoms with Crippen molar-refractivity contribution in [2.45, 2.75) is 32.4 Å². The minimum Gasteiger partial charge on any atom is -0.493 e.